The fraction of sp³-hybridized carbons (Fsp3) is 0.233. The molecule has 2 aliphatic heterocycles. The largest absolute Gasteiger partial charge is 0.493 e. The van der Waals surface area contributed by atoms with Gasteiger partial charge in [-0.15, -0.1) is 0 Å². The van der Waals surface area contributed by atoms with Crippen LogP contribution < -0.4 is 19.7 Å². The van der Waals surface area contributed by atoms with Crippen molar-refractivity contribution in [2.45, 2.75) is 6.61 Å². The van der Waals surface area contributed by atoms with Crippen LogP contribution in [0.3, 0.4) is 0 Å². The first-order valence-electron chi connectivity index (χ1n) is 13.3. The molecule has 0 spiro atoms. The highest BCUT2D eigenvalue weighted by Crippen LogP contribution is 2.39. The van der Waals surface area contributed by atoms with E-state index in [2.05, 4.69) is 10.2 Å². The third-order valence-electron chi connectivity index (χ3n) is 6.74. The Bertz CT molecular complexity index is 1560. The second-order valence-electron chi connectivity index (χ2n) is 9.56. The lowest BCUT2D eigenvalue weighted by molar-refractivity contribution is -0.385. The number of amides is 3. The molecular weight excluding hydrogens is 576 g/mol. The number of carbonyl (C=O) groups excluding carboxylic acids is 3. The maximum atomic E-state index is 13.1. The van der Waals surface area contributed by atoms with E-state index in [1.165, 1.54) is 25.3 Å². The molecule has 3 aromatic carbocycles. The number of hydrogen-bond acceptors (Lipinski definition) is 10. The molecule has 0 unspecified atom stereocenters. The standard InChI is InChI=1S/C30H28N4O8S/c1-40-25-15-21(24(34(38)39)17-26(25)42-19-20-5-3-2-4-6-20)16-27-29(36)33(30(37)43-27)18-28(35)31-22-7-9-23(10-8-22)32-11-13-41-14-12-32/h2-10,15-17H,11-14,18-19H2,1H3,(H,31,35)/b27-16+. The Morgan fingerprint density at radius 1 is 1.07 bits per heavy atom. The van der Waals surface area contributed by atoms with Crippen LogP contribution in [0, 0.1) is 10.1 Å². The highest BCUT2D eigenvalue weighted by Gasteiger charge is 2.37. The summed E-state index contributed by atoms with van der Waals surface area (Å²) in [5.41, 5.74) is 2.08. The number of morpholine rings is 1. The van der Waals surface area contributed by atoms with E-state index < -0.39 is 28.5 Å². The van der Waals surface area contributed by atoms with Gasteiger partial charge in [0.25, 0.3) is 16.8 Å². The average molecular weight is 605 g/mol. The van der Waals surface area contributed by atoms with Crippen molar-refractivity contribution >= 4 is 52.0 Å². The number of imide groups is 1. The van der Waals surface area contributed by atoms with Crippen LogP contribution in [0.2, 0.25) is 0 Å². The van der Waals surface area contributed by atoms with Crippen molar-refractivity contribution in [3.63, 3.8) is 0 Å². The van der Waals surface area contributed by atoms with Gasteiger partial charge in [-0.05, 0) is 53.7 Å². The van der Waals surface area contributed by atoms with E-state index in [9.17, 15) is 24.5 Å². The molecule has 2 fully saturated rings. The predicted molar refractivity (Wildman–Crippen MR) is 161 cm³/mol. The molecule has 0 aliphatic carbocycles. The Labute approximate surface area is 251 Å². The van der Waals surface area contributed by atoms with E-state index in [0.717, 1.165) is 29.2 Å². The third kappa shape index (κ3) is 7.13. The number of ether oxygens (including phenoxy) is 3. The Kier molecular flexibility index (Phi) is 9.23. The van der Waals surface area contributed by atoms with Crippen LogP contribution in [0.5, 0.6) is 11.5 Å². The molecule has 1 N–H and O–H groups in total. The van der Waals surface area contributed by atoms with Gasteiger partial charge in [0.2, 0.25) is 5.91 Å². The number of nitro groups is 1. The highest BCUT2D eigenvalue weighted by molar-refractivity contribution is 8.18. The van der Waals surface area contributed by atoms with Crippen molar-refractivity contribution in [1.82, 2.24) is 4.90 Å². The topological polar surface area (TPSA) is 141 Å². The molecule has 5 rings (SSSR count). The zero-order chi connectivity index (χ0) is 30.3. The molecule has 0 radical (unpaired) electrons. The number of rotatable bonds is 10. The minimum Gasteiger partial charge on any atom is -0.493 e. The number of thioether (sulfide) groups is 1. The average Bonchev–Trinajstić information content (AvgIpc) is 3.28. The van der Waals surface area contributed by atoms with Gasteiger partial charge in [-0.3, -0.25) is 29.4 Å². The molecule has 3 aromatic rings. The summed E-state index contributed by atoms with van der Waals surface area (Å²) < 4.78 is 16.5. The normalized spacial score (nSPS) is 16.0. The van der Waals surface area contributed by atoms with Crippen molar-refractivity contribution in [3.8, 4) is 11.5 Å². The van der Waals surface area contributed by atoms with Gasteiger partial charge in [-0.2, -0.15) is 0 Å². The second kappa shape index (κ2) is 13.4. The molecule has 0 bridgehead atoms. The maximum absolute atomic E-state index is 13.1. The van der Waals surface area contributed by atoms with Crippen molar-refractivity contribution < 1.29 is 33.5 Å². The van der Waals surface area contributed by atoms with Crippen LogP contribution in [0.4, 0.5) is 21.9 Å². The summed E-state index contributed by atoms with van der Waals surface area (Å²) in [6.45, 7) is 2.51. The lowest BCUT2D eigenvalue weighted by atomic mass is 10.1. The fourth-order valence-electron chi connectivity index (χ4n) is 4.55. The summed E-state index contributed by atoms with van der Waals surface area (Å²) in [5.74, 6) is -0.926. The summed E-state index contributed by atoms with van der Waals surface area (Å²) in [6, 6.07) is 19.1. The van der Waals surface area contributed by atoms with E-state index in [1.54, 1.807) is 12.1 Å². The second-order valence-corrected chi connectivity index (χ2v) is 10.5. The van der Waals surface area contributed by atoms with E-state index in [-0.39, 0.29) is 34.3 Å². The van der Waals surface area contributed by atoms with Gasteiger partial charge in [0.05, 0.1) is 41.8 Å². The molecule has 0 saturated carbocycles. The lowest BCUT2D eigenvalue weighted by Gasteiger charge is -2.28. The van der Waals surface area contributed by atoms with Gasteiger partial charge in [0, 0.05) is 24.5 Å². The SMILES string of the molecule is COc1cc(/C=C2/SC(=O)N(CC(=O)Nc3ccc(N4CCOCC4)cc3)C2=O)c([N+](=O)[O-])cc1OCc1ccccc1. The molecule has 0 atom stereocenters. The highest BCUT2D eigenvalue weighted by atomic mass is 32.2. The number of benzene rings is 3. The molecule has 12 nitrogen and oxygen atoms in total. The van der Waals surface area contributed by atoms with E-state index in [0.29, 0.717) is 30.7 Å². The Balaban J connectivity index is 1.27. The summed E-state index contributed by atoms with van der Waals surface area (Å²) in [6.07, 6.45) is 1.24. The minimum absolute atomic E-state index is 0.0456. The van der Waals surface area contributed by atoms with Crippen molar-refractivity contribution in [2.75, 3.05) is 50.2 Å². The summed E-state index contributed by atoms with van der Waals surface area (Å²) in [5, 5.41) is 13.9. The van der Waals surface area contributed by atoms with E-state index >= 15 is 0 Å². The fourth-order valence-corrected chi connectivity index (χ4v) is 5.37. The van der Waals surface area contributed by atoms with E-state index in [4.69, 9.17) is 14.2 Å². The summed E-state index contributed by atoms with van der Waals surface area (Å²) >= 11 is 0.596. The first-order valence-corrected chi connectivity index (χ1v) is 14.1. The van der Waals surface area contributed by atoms with Crippen LogP contribution in [-0.4, -0.2) is 66.8 Å². The van der Waals surface area contributed by atoms with Crippen LogP contribution >= 0.6 is 11.8 Å². The molecule has 2 heterocycles. The molecule has 0 aromatic heterocycles. The number of nitro benzene ring substituents is 1. The van der Waals surface area contributed by atoms with Gasteiger partial charge >= 0.3 is 0 Å². The van der Waals surface area contributed by atoms with Crippen LogP contribution in [0.15, 0.2) is 71.6 Å². The van der Waals surface area contributed by atoms with Crippen LogP contribution in [0.1, 0.15) is 11.1 Å². The number of methoxy groups -OCH3 is 1. The molecular formula is C30H28N4O8S. The predicted octanol–water partition coefficient (Wildman–Crippen LogP) is 4.69. The van der Waals surface area contributed by atoms with Gasteiger partial charge in [-0.25, -0.2) is 0 Å². The van der Waals surface area contributed by atoms with Crippen LogP contribution in [-0.2, 0) is 20.9 Å². The van der Waals surface area contributed by atoms with Gasteiger partial charge < -0.3 is 24.4 Å². The molecule has 2 aliphatic rings. The van der Waals surface area contributed by atoms with Crippen molar-refractivity contribution in [2.24, 2.45) is 0 Å². The van der Waals surface area contributed by atoms with Gasteiger partial charge in [0.1, 0.15) is 13.2 Å². The Hall–Kier alpha value is -4.88. The maximum Gasteiger partial charge on any atom is 0.294 e. The molecule has 222 valence electrons. The number of anilines is 2. The zero-order valence-corrected chi connectivity index (χ0v) is 24.0. The Morgan fingerprint density at radius 3 is 2.47 bits per heavy atom. The first kappa shape index (κ1) is 29.6. The monoisotopic (exact) mass is 604 g/mol. The molecule has 13 heteroatoms. The molecule has 2 saturated heterocycles. The smallest absolute Gasteiger partial charge is 0.294 e. The molecule has 3 amide bonds. The van der Waals surface area contributed by atoms with Gasteiger partial charge in [-0.1, -0.05) is 30.3 Å². The summed E-state index contributed by atoms with van der Waals surface area (Å²) in [4.78, 5) is 52.7. The van der Waals surface area contributed by atoms with E-state index in [1.807, 2.05) is 42.5 Å². The third-order valence-corrected chi connectivity index (χ3v) is 7.64. The number of hydrogen-bond donors (Lipinski definition) is 1. The summed E-state index contributed by atoms with van der Waals surface area (Å²) in [7, 11) is 1.39. The lowest BCUT2D eigenvalue weighted by Crippen LogP contribution is -2.36. The van der Waals surface area contributed by atoms with Crippen molar-refractivity contribution in [3.05, 3.63) is 92.9 Å². The van der Waals surface area contributed by atoms with Gasteiger partial charge in [0.15, 0.2) is 11.5 Å². The van der Waals surface area contributed by atoms with Crippen LogP contribution in [0.25, 0.3) is 6.08 Å². The Morgan fingerprint density at radius 2 is 1.79 bits per heavy atom. The number of carbonyl (C=O) groups is 3. The quantitative estimate of drug-likeness (QED) is 0.197. The molecule has 43 heavy (non-hydrogen) atoms. The van der Waals surface area contributed by atoms with Crippen molar-refractivity contribution in [1.29, 1.82) is 0 Å². The minimum atomic E-state index is -0.731. The number of nitrogens with one attached hydrogen (secondary N) is 1. The first-order chi connectivity index (χ1) is 20.8. The number of nitrogens with zero attached hydrogens (tertiary/aromatic N) is 3. The zero-order valence-electron chi connectivity index (χ0n) is 23.2.